The first-order valence-electron chi connectivity index (χ1n) is 11.3. The molecule has 2 aromatic rings. The van der Waals surface area contributed by atoms with E-state index in [1.807, 2.05) is 41.8 Å². The Morgan fingerprint density at radius 3 is 2.45 bits per heavy atom. The molecule has 0 unspecified atom stereocenters. The van der Waals surface area contributed by atoms with Crippen LogP contribution in [-0.4, -0.2) is 58.4 Å². The summed E-state index contributed by atoms with van der Waals surface area (Å²) < 4.78 is 6.55. The predicted octanol–water partition coefficient (Wildman–Crippen LogP) is 3.88. The van der Waals surface area contributed by atoms with Crippen LogP contribution >= 0.6 is 0 Å². The quantitative estimate of drug-likeness (QED) is 0.735. The van der Waals surface area contributed by atoms with Crippen LogP contribution in [-0.2, 0) is 4.79 Å². The minimum atomic E-state index is -0.322. The van der Waals surface area contributed by atoms with Gasteiger partial charge < -0.3 is 14.5 Å². The van der Waals surface area contributed by atoms with Crippen LogP contribution in [0.1, 0.15) is 61.4 Å². The summed E-state index contributed by atoms with van der Waals surface area (Å²) in [6.45, 7) is 6.82. The standard InChI is InChI=1S/C25H31N3O3/c1-3-27(4-2)23(29)17-20-18-25(31-22-8-6-5-7-21(20)22)11-15-28(16-12-25)24(30)19-9-13-26-14-10-19/h5-10,13-14,20H,3-4,11-12,15-18H2,1-2H3/t20-/m1/s1. The highest BCUT2D eigenvalue weighted by Crippen LogP contribution is 2.46. The van der Waals surface area contributed by atoms with Gasteiger partial charge in [-0.1, -0.05) is 18.2 Å². The Morgan fingerprint density at radius 1 is 1.10 bits per heavy atom. The molecule has 4 rings (SSSR count). The summed E-state index contributed by atoms with van der Waals surface area (Å²) in [5, 5.41) is 0. The Hall–Kier alpha value is -2.89. The highest BCUT2D eigenvalue weighted by Gasteiger charge is 2.44. The fourth-order valence-corrected chi connectivity index (χ4v) is 4.94. The van der Waals surface area contributed by atoms with E-state index in [9.17, 15) is 9.59 Å². The van der Waals surface area contributed by atoms with Crippen molar-refractivity contribution in [2.75, 3.05) is 26.2 Å². The van der Waals surface area contributed by atoms with Crippen LogP contribution in [0.5, 0.6) is 5.75 Å². The van der Waals surface area contributed by atoms with Crippen LogP contribution in [0.3, 0.4) is 0 Å². The van der Waals surface area contributed by atoms with Crippen LogP contribution in [0.4, 0.5) is 0 Å². The molecule has 0 radical (unpaired) electrons. The fourth-order valence-electron chi connectivity index (χ4n) is 4.94. The molecule has 2 aliphatic rings. The van der Waals surface area contributed by atoms with Gasteiger partial charge in [0, 0.05) is 69.3 Å². The largest absolute Gasteiger partial charge is 0.487 e. The van der Waals surface area contributed by atoms with Crippen molar-refractivity contribution in [2.45, 2.75) is 51.0 Å². The van der Waals surface area contributed by atoms with Crippen molar-refractivity contribution < 1.29 is 14.3 Å². The van der Waals surface area contributed by atoms with E-state index in [4.69, 9.17) is 4.74 Å². The molecule has 1 atom stereocenters. The van der Waals surface area contributed by atoms with Crippen molar-refractivity contribution in [1.29, 1.82) is 0 Å². The highest BCUT2D eigenvalue weighted by atomic mass is 16.5. The Kier molecular flexibility index (Phi) is 6.25. The predicted molar refractivity (Wildman–Crippen MR) is 119 cm³/mol. The number of para-hydroxylation sites is 1. The number of pyridine rings is 1. The molecule has 2 aliphatic heterocycles. The Bertz CT molecular complexity index is 919. The number of piperidine rings is 1. The first-order valence-corrected chi connectivity index (χ1v) is 11.3. The van der Waals surface area contributed by atoms with E-state index in [0.29, 0.717) is 25.1 Å². The average Bonchev–Trinajstić information content (AvgIpc) is 2.80. The average molecular weight is 422 g/mol. The second-order valence-electron chi connectivity index (χ2n) is 8.52. The lowest BCUT2D eigenvalue weighted by Crippen LogP contribution is -2.52. The molecule has 31 heavy (non-hydrogen) atoms. The van der Waals surface area contributed by atoms with E-state index in [0.717, 1.165) is 43.7 Å². The monoisotopic (exact) mass is 421 g/mol. The molecule has 0 saturated carbocycles. The lowest BCUT2D eigenvalue weighted by molar-refractivity contribution is -0.131. The number of aromatic nitrogens is 1. The van der Waals surface area contributed by atoms with Crippen LogP contribution in [0.25, 0.3) is 0 Å². The summed E-state index contributed by atoms with van der Waals surface area (Å²) in [5.74, 6) is 1.27. The maximum Gasteiger partial charge on any atom is 0.253 e. The summed E-state index contributed by atoms with van der Waals surface area (Å²) in [6.07, 6.45) is 6.16. The Labute approximate surface area is 184 Å². The van der Waals surface area contributed by atoms with E-state index < -0.39 is 0 Å². The molecule has 1 aromatic heterocycles. The van der Waals surface area contributed by atoms with Crippen molar-refractivity contribution in [2.24, 2.45) is 0 Å². The SMILES string of the molecule is CCN(CC)C(=O)C[C@@H]1CC2(CCN(C(=O)c3ccncc3)CC2)Oc2ccccc21. The number of carbonyl (C=O) groups is 2. The van der Waals surface area contributed by atoms with Gasteiger partial charge in [-0.3, -0.25) is 14.6 Å². The number of carbonyl (C=O) groups excluding carboxylic acids is 2. The van der Waals surface area contributed by atoms with Gasteiger partial charge in [-0.2, -0.15) is 0 Å². The van der Waals surface area contributed by atoms with E-state index >= 15 is 0 Å². The minimum absolute atomic E-state index is 0.0433. The van der Waals surface area contributed by atoms with E-state index in [1.54, 1.807) is 24.5 Å². The van der Waals surface area contributed by atoms with Gasteiger partial charge in [0.25, 0.3) is 5.91 Å². The molecule has 0 aliphatic carbocycles. The Balaban J connectivity index is 1.50. The highest BCUT2D eigenvalue weighted by molar-refractivity contribution is 5.94. The molecule has 6 heteroatoms. The molecule has 1 saturated heterocycles. The summed E-state index contributed by atoms with van der Waals surface area (Å²) in [7, 11) is 0. The number of hydrogen-bond acceptors (Lipinski definition) is 4. The van der Waals surface area contributed by atoms with Crippen molar-refractivity contribution in [3.05, 3.63) is 59.9 Å². The molecule has 2 amide bonds. The molecule has 0 bridgehead atoms. The second-order valence-corrected chi connectivity index (χ2v) is 8.52. The number of benzene rings is 1. The second kappa shape index (κ2) is 9.08. The van der Waals surface area contributed by atoms with Gasteiger partial charge in [0.05, 0.1) is 0 Å². The number of fused-ring (bicyclic) bond motifs is 1. The molecule has 0 N–H and O–H groups in total. The van der Waals surface area contributed by atoms with Crippen LogP contribution < -0.4 is 4.74 Å². The van der Waals surface area contributed by atoms with Crippen LogP contribution in [0.2, 0.25) is 0 Å². The molecule has 164 valence electrons. The summed E-state index contributed by atoms with van der Waals surface area (Å²) in [5.41, 5.74) is 1.48. The maximum atomic E-state index is 12.9. The van der Waals surface area contributed by atoms with Crippen LogP contribution in [0.15, 0.2) is 48.8 Å². The van der Waals surface area contributed by atoms with E-state index in [1.165, 1.54) is 0 Å². The molecule has 1 spiro atoms. The fraction of sp³-hybridized carbons (Fsp3) is 0.480. The van der Waals surface area contributed by atoms with Gasteiger partial charge in [0.15, 0.2) is 0 Å². The molecule has 1 fully saturated rings. The zero-order valence-corrected chi connectivity index (χ0v) is 18.4. The van der Waals surface area contributed by atoms with Gasteiger partial charge in [0.2, 0.25) is 5.91 Å². The van der Waals surface area contributed by atoms with Crippen molar-refractivity contribution in [1.82, 2.24) is 14.8 Å². The van der Waals surface area contributed by atoms with Crippen molar-refractivity contribution >= 4 is 11.8 Å². The van der Waals surface area contributed by atoms with Gasteiger partial charge >= 0.3 is 0 Å². The smallest absolute Gasteiger partial charge is 0.253 e. The molecular formula is C25H31N3O3. The van der Waals surface area contributed by atoms with Gasteiger partial charge in [-0.05, 0) is 44.0 Å². The molecular weight excluding hydrogens is 390 g/mol. The number of likely N-dealkylation sites (tertiary alicyclic amines) is 1. The van der Waals surface area contributed by atoms with Crippen molar-refractivity contribution in [3.63, 3.8) is 0 Å². The minimum Gasteiger partial charge on any atom is -0.487 e. The van der Waals surface area contributed by atoms with Gasteiger partial charge in [0.1, 0.15) is 11.4 Å². The first-order chi connectivity index (χ1) is 15.0. The first kappa shape index (κ1) is 21.3. The van der Waals surface area contributed by atoms with Crippen LogP contribution in [0, 0.1) is 0 Å². The summed E-state index contributed by atoms with van der Waals surface area (Å²) >= 11 is 0. The third kappa shape index (κ3) is 4.43. The van der Waals surface area contributed by atoms with E-state index in [-0.39, 0.29) is 23.3 Å². The number of hydrogen-bond donors (Lipinski definition) is 0. The topological polar surface area (TPSA) is 62.7 Å². The Morgan fingerprint density at radius 2 is 1.77 bits per heavy atom. The van der Waals surface area contributed by atoms with E-state index in [2.05, 4.69) is 11.1 Å². The maximum absolute atomic E-state index is 12.9. The number of nitrogens with zero attached hydrogens (tertiary/aromatic N) is 3. The van der Waals surface area contributed by atoms with Gasteiger partial charge in [-0.25, -0.2) is 0 Å². The summed E-state index contributed by atoms with van der Waals surface area (Å²) in [6, 6.07) is 11.6. The lowest BCUT2D eigenvalue weighted by Gasteiger charge is -2.47. The van der Waals surface area contributed by atoms with Gasteiger partial charge in [-0.15, -0.1) is 0 Å². The lowest BCUT2D eigenvalue weighted by atomic mass is 9.76. The normalized spacial score (nSPS) is 19.4. The number of ether oxygens (including phenoxy) is 1. The summed E-state index contributed by atoms with van der Waals surface area (Å²) in [4.78, 5) is 33.5. The van der Waals surface area contributed by atoms with Crippen molar-refractivity contribution in [3.8, 4) is 5.75 Å². The zero-order valence-electron chi connectivity index (χ0n) is 18.4. The molecule has 6 nitrogen and oxygen atoms in total. The third-order valence-corrected chi connectivity index (χ3v) is 6.73. The molecule has 1 aromatic carbocycles. The number of amides is 2. The number of rotatable bonds is 5. The third-order valence-electron chi connectivity index (χ3n) is 6.73. The molecule has 3 heterocycles. The zero-order chi connectivity index (χ0) is 21.8.